The molecule has 2 aromatic carbocycles. The van der Waals surface area contributed by atoms with Crippen molar-refractivity contribution in [2.24, 2.45) is 0 Å². The van der Waals surface area contributed by atoms with Crippen LogP contribution in [0, 0.1) is 17.0 Å². The van der Waals surface area contributed by atoms with Crippen LogP contribution >= 0.6 is 0 Å². The van der Waals surface area contributed by atoms with Crippen LogP contribution in [0.15, 0.2) is 53.3 Å². The minimum absolute atomic E-state index is 0.0724. The van der Waals surface area contributed by atoms with Gasteiger partial charge in [-0.1, -0.05) is 0 Å². The molecule has 0 aliphatic heterocycles. The van der Waals surface area contributed by atoms with Gasteiger partial charge < -0.3 is 10.3 Å². The van der Waals surface area contributed by atoms with Crippen molar-refractivity contribution in [3.8, 4) is 0 Å². The van der Waals surface area contributed by atoms with Crippen molar-refractivity contribution >= 4 is 28.2 Å². The summed E-state index contributed by atoms with van der Waals surface area (Å²) in [6.45, 7) is 1.82. The highest BCUT2D eigenvalue weighted by atomic mass is 16.6. The zero-order chi connectivity index (χ0) is 17.3. The molecule has 0 aliphatic rings. The molecule has 120 valence electrons. The Bertz CT molecular complexity index is 1010. The minimum Gasteiger partial charge on any atom is -0.322 e. The van der Waals surface area contributed by atoms with E-state index >= 15 is 0 Å². The zero-order valence-electron chi connectivity index (χ0n) is 12.7. The lowest BCUT2D eigenvalue weighted by atomic mass is 10.1. The van der Waals surface area contributed by atoms with Crippen molar-refractivity contribution < 1.29 is 9.72 Å². The van der Waals surface area contributed by atoms with Gasteiger partial charge in [0.05, 0.1) is 4.92 Å². The quantitative estimate of drug-likeness (QED) is 0.571. The molecule has 0 spiro atoms. The number of aromatic nitrogens is 1. The molecule has 1 aromatic heterocycles. The number of H-pyrrole nitrogens is 1. The monoisotopic (exact) mass is 323 g/mol. The molecule has 3 aromatic rings. The second-order valence-electron chi connectivity index (χ2n) is 5.34. The van der Waals surface area contributed by atoms with Gasteiger partial charge in [0.1, 0.15) is 0 Å². The van der Waals surface area contributed by atoms with Crippen molar-refractivity contribution in [3.63, 3.8) is 0 Å². The second-order valence-corrected chi connectivity index (χ2v) is 5.34. The van der Waals surface area contributed by atoms with Crippen molar-refractivity contribution in [3.05, 3.63) is 80.1 Å². The van der Waals surface area contributed by atoms with Crippen LogP contribution in [0.4, 0.5) is 11.4 Å². The standard InChI is InChI=1S/C17H13N3O4/c1-10-8-16(21)19-15-7-4-12(9-14(10)15)18-17(22)11-2-5-13(6-3-11)20(23)24/h2-9H,1H3,(H,18,22)(H,19,21). The topological polar surface area (TPSA) is 105 Å². The highest BCUT2D eigenvalue weighted by molar-refractivity contribution is 6.05. The molecule has 0 radical (unpaired) electrons. The van der Waals surface area contributed by atoms with Crippen molar-refractivity contribution in [2.75, 3.05) is 5.32 Å². The molecular weight excluding hydrogens is 310 g/mol. The first-order valence-electron chi connectivity index (χ1n) is 7.13. The van der Waals surface area contributed by atoms with Crippen LogP contribution in [0.2, 0.25) is 0 Å². The van der Waals surface area contributed by atoms with E-state index < -0.39 is 4.92 Å². The van der Waals surface area contributed by atoms with Crippen LogP contribution in [0.3, 0.4) is 0 Å². The van der Waals surface area contributed by atoms with E-state index in [9.17, 15) is 19.7 Å². The van der Waals surface area contributed by atoms with Gasteiger partial charge in [-0.25, -0.2) is 0 Å². The summed E-state index contributed by atoms with van der Waals surface area (Å²) in [6, 6.07) is 12.0. The Labute approximate surface area is 136 Å². The van der Waals surface area contributed by atoms with Crippen LogP contribution < -0.4 is 10.9 Å². The number of rotatable bonds is 3. The Balaban J connectivity index is 1.87. The molecule has 2 N–H and O–H groups in total. The van der Waals surface area contributed by atoms with E-state index in [-0.39, 0.29) is 17.2 Å². The van der Waals surface area contributed by atoms with Gasteiger partial charge in [-0.05, 0) is 42.8 Å². The summed E-state index contributed by atoms with van der Waals surface area (Å²) in [5.41, 5.74) is 2.13. The van der Waals surface area contributed by atoms with Crippen LogP contribution in [0.1, 0.15) is 15.9 Å². The number of nitrogens with one attached hydrogen (secondary N) is 2. The maximum atomic E-state index is 12.2. The Morgan fingerprint density at radius 3 is 2.50 bits per heavy atom. The van der Waals surface area contributed by atoms with Crippen LogP contribution in [-0.4, -0.2) is 15.8 Å². The summed E-state index contributed by atoms with van der Waals surface area (Å²) < 4.78 is 0. The molecule has 24 heavy (non-hydrogen) atoms. The molecule has 0 aliphatic carbocycles. The number of pyridine rings is 1. The van der Waals surface area contributed by atoms with E-state index in [2.05, 4.69) is 10.3 Å². The summed E-state index contributed by atoms with van der Waals surface area (Å²) >= 11 is 0. The second kappa shape index (κ2) is 5.96. The predicted octanol–water partition coefficient (Wildman–Crippen LogP) is 3.00. The van der Waals surface area contributed by atoms with Gasteiger partial charge in [-0.3, -0.25) is 19.7 Å². The Kier molecular flexibility index (Phi) is 3.83. The number of aryl methyl sites for hydroxylation is 1. The van der Waals surface area contributed by atoms with Gasteiger partial charge in [0.15, 0.2) is 0 Å². The first kappa shape index (κ1) is 15.4. The number of nitrogens with zero attached hydrogens (tertiary/aromatic N) is 1. The smallest absolute Gasteiger partial charge is 0.269 e. The van der Waals surface area contributed by atoms with Crippen LogP contribution in [0.25, 0.3) is 10.9 Å². The lowest BCUT2D eigenvalue weighted by molar-refractivity contribution is -0.384. The Morgan fingerprint density at radius 1 is 1.12 bits per heavy atom. The number of benzene rings is 2. The summed E-state index contributed by atoms with van der Waals surface area (Å²) in [7, 11) is 0. The molecule has 3 rings (SSSR count). The largest absolute Gasteiger partial charge is 0.322 e. The molecule has 0 saturated carbocycles. The highest BCUT2D eigenvalue weighted by Gasteiger charge is 2.10. The SMILES string of the molecule is Cc1cc(=O)[nH]c2ccc(NC(=O)c3ccc([N+](=O)[O-])cc3)cc12. The van der Waals surface area contributed by atoms with E-state index in [1.54, 1.807) is 18.2 Å². The van der Waals surface area contributed by atoms with E-state index in [1.165, 1.54) is 30.3 Å². The third kappa shape index (κ3) is 3.00. The van der Waals surface area contributed by atoms with Crippen molar-refractivity contribution in [1.82, 2.24) is 4.98 Å². The third-order valence-corrected chi connectivity index (χ3v) is 3.65. The van der Waals surface area contributed by atoms with Gasteiger partial charge in [0, 0.05) is 40.4 Å². The molecular formula is C17H13N3O4. The van der Waals surface area contributed by atoms with Crippen molar-refractivity contribution in [1.29, 1.82) is 0 Å². The van der Waals surface area contributed by atoms with E-state index in [1.807, 2.05) is 6.92 Å². The first-order chi connectivity index (χ1) is 11.4. The number of fused-ring (bicyclic) bond motifs is 1. The summed E-state index contributed by atoms with van der Waals surface area (Å²) in [5, 5.41) is 14.2. The summed E-state index contributed by atoms with van der Waals surface area (Å²) in [4.78, 5) is 36.5. The normalized spacial score (nSPS) is 10.5. The molecule has 7 heteroatoms. The fraction of sp³-hybridized carbons (Fsp3) is 0.0588. The lowest BCUT2D eigenvalue weighted by Gasteiger charge is -2.08. The number of amides is 1. The van der Waals surface area contributed by atoms with E-state index in [0.29, 0.717) is 16.8 Å². The average molecular weight is 323 g/mol. The number of nitro groups is 1. The highest BCUT2D eigenvalue weighted by Crippen LogP contribution is 2.20. The molecule has 1 heterocycles. The lowest BCUT2D eigenvalue weighted by Crippen LogP contribution is -2.12. The number of aromatic amines is 1. The maximum Gasteiger partial charge on any atom is 0.269 e. The molecule has 0 unspecified atom stereocenters. The zero-order valence-corrected chi connectivity index (χ0v) is 12.7. The van der Waals surface area contributed by atoms with Gasteiger partial charge in [-0.2, -0.15) is 0 Å². The molecule has 0 fully saturated rings. The third-order valence-electron chi connectivity index (χ3n) is 3.65. The predicted molar refractivity (Wildman–Crippen MR) is 90.4 cm³/mol. The molecule has 0 atom stereocenters. The van der Waals surface area contributed by atoms with E-state index in [4.69, 9.17) is 0 Å². The number of nitro benzene ring substituents is 1. The van der Waals surface area contributed by atoms with Gasteiger partial charge in [-0.15, -0.1) is 0 Å². The Morgan fingerprint density at radius 2 is 1.83 bits per heavy atom. The Hall–Kier alpha value is -3.48. The van der Waals surface area contributed by atoms with Crippen molar-refractivity contribution in [2.45, 2.75) is 6.92 Å². The fourth-order valence-electron chi connectivity index (χ4n) is 2.44. The maximum absolute atomic E-state index is 12.2. The number of carbonyl (C=O) groups excluding carboxylic acids is 1. The number of anilines is 1. The molecule has 7 nitrogen and oxygen atoms in total. The number of non-ortho nitro benzene ring substituents is 1. The fourth-order valence-corrected chi connectivity index (χ4v) is 2.44. The van der Waals surface area contributed by atoms with E-state index in [0.717, 1.165) is 10.9 Å². The number of hydrogen-bond acceptors (Lipinski definition) is 4. The number of hydrogen-bond donors (Lipinski definition) is 2. The summed E-state index contributed by atoms with van der Waals surface area (Å²) in [5.74, 6) is -0.369. The first-order valence-corrected chi connectivity index (χ1v) is 7.13. The van der Waals surface area contributed by atoms with Crippen LogP contribution in [0.5, 0.6) is 0 Å². The van der Waals surface area contributed by atoms with Gasteiger partial charge in [0.2, 0.25) is 5.56 Å². The average Bonchev–Trinajstić information content (AvgIpc) is 2.55. The molecule has 1 amide bonds. The molecule has 0 saturated heterocycles. The van der Waals surface area contributed by atoms with Gasteiger partial charge in [0.25, 0.3) is 11.6 Å². The molecule has 0 bridgehead atoms. The van der Waals surface area contributed by atoms with Gasteiger partial charge >= 0.3 is 0 Å². The minimum atomic E-state index is -0.519. The summed E-state index contributed by atoms with van der Waals surface area (Å²) in [6.07, 6.45) is 0. The van der Waals surface area contributed by atoms with Crippen LogP contribution in [-0.2, 0) is 0 Å². The number of carbonyl (C=O) groups is 1.